The smallest absolute Gasteiger partial charge is 0.289 e. The number of aromatic amines is 1. The van der Waals surface area contributed by atoms with Gasteiger partial charge >= 0.3 is 0 Å². The summed E-state index contributed by atoms with van der Waals surface area (Å²) in [7, 11) is -4.11. The molecule has 64 valence electrons. The van der Waals surface area contributed by atoms with Crippen LogP contribution in [0.2, 0.25) is 0 Å². The molecule has 0 aromatic carbocycles. The minimum absolute atomic E-state index is 1.20. The Hall–Kier alpha value is -0.920. The minimum Gasteiger partial charge on any atom is -0.378 e. The molecule has 1 aromatic rings. The van der Waals surface area contributed by atoms with Crippen molar-refractivity contribution in [1.29, 1.82) is 0 Å². The van der Waals surface area contributed by atoms with Gasteiger partial charge in [0.1, 0.15) is 0 Å². The van der Waals surface area contributed by atoms with Crippen molar-refractivity contribution in [3.8, 4) is 0 Å². The van der Waals surface area contributed by atoms with E-state index in [1.807, 2.05) is 0 Å². The van der Waals surface area contributed by atoms with Gasteiger partial charge in [0.2, 0.25) is 0 Å². The van der Waals surface area contributed by atoms with Crippen LogP contribution in [-0.2, 0) is 10.1 Å². The standard InChI is InChI=1S/C3H4N2.CH4O4S/c1-2-5-3-4-1;2-1-6(3,4)5/h1-3H,(H,4,5);2H,1H2,(H,3,4,5). The molecule has 0 unspecified atom stereocenters. The van der Waals surface area contributed by atoms with Gasteiger partial charge in [0.25, 0.3) is 10.1 Å². The molecule has 0 amide bonds. The molecule has 0 fully saturated rings. The van der Waals surface area contributed by atoms with Crippen molar-refractivity contribution < 1.29 is 18.1 Å². The minimum atomic E-state index is -4.11. The lowest BCUT2D eigenvalue weighted by molar-refractivity contribution is 0.336. The second-order valence-electron chi connectivity index (χ2n) is 1.47. The fraction of sp³-hybridized carbons (Fsp3) is 0.250. The van der Waals surface area contributed by atoms with Gasteiger partial charge in [-0.2, -0.15) is 8.42 Å². The Morgan fingerprint density at radius 3 is 2.18 bits per heavy atom. The van der Waals surface area contributed by atoms with E-state index in [-0.39, 0.29) is 0 Å². The number of rotatable bonds is 1. The molecule has 0 aliphatic rings. The van der Waals surface area contributed by atoms with E-state index in [2.05, 4.69) is 9.97 Å². The Morgan fingerprint density at radius 2 is 2.09 bits per heavy atom. The SMILES string of the molecule is O=S(=O)(O)CO.c1c[nH]cn1. The molecule has 1 rings (SSSR count). The van der Waals surface area contributed by atoms with Gasteiger partial charge in [0.15, 0.2) is 5.94 Å². The highest BCUT2D eigenvalue weighted by molar-refractivity contribution is 7.85. The Kier molecular flexibility index (Phi) is 4.42. The fourth-order valence-electron chi connectivity index (χ4n) is 0.215. The third-order valence-corrected chi connectivity index (χ3v) is 0.895. The first-order valence-corrected chi connectivity index (χ1v) is 4.16. The van der Waals surface area contributed by atoms with Gasteiger partial charge in [-0.1, -0.05) is 0 Å². The number of aliphatic hydroxyl groups excluding tert-OH is 1. The molecule has 0 spiro atoms. The zero-order chi connectivity index (χ0) is 8.74. The monoisotopic (exact) mass is 180 g/mol. The van der Waals surface area contributed by atoms with Gasteiger partial charge in [-0.25, -0.2) is 4.98 Å². The molecule has 1 aromatic heterocycles. The van der Waals surface area contributed by atoms with E-state index in [1.165, 1.54) is 0 Å². The first kappa shape index (κ1) is 10.1. The van der Waals surface area contributed by atoms with Crippen LogP contribution in [0, 0.1) is 0 Å². The molecule has 0 saturated heterocycles. The number of hydrogen-bond donors (Lipinski definition) is 3. The van der Waals surface area contributed by atoms with Gasteiger partial charge in [-0.05, 0) is 0 Å². The molecular weight excluding hydrogens is 172 g/mol. The predicted molar refractivity (Wildman–Crippen MR) is 37.2 cm³/mol. The van der Waals surface area contributed by atoms with Crippen LogP contribution in [0.25, 0.3) is 0 Å². The summed E-state index contributed by atoms with van der Waals surface area (Å²) in [6.07, 6.45) is 5.08. The van der Waals surface area contributed by atoms with Gasteiger partial charge in [-0.15, -0.1) is 0 Å². The number of H-pyrrole nitrogens is 1. The van der Waals surface area contributed by atoms with Crippen molar-refractivity contribution in [2.75, 3.05) is 5.94 Å². The third-order valence-electron chi connectivity index (χ3n) is 0.569. The zero-order valence-corrected chi connectivity index (χ0v) is 6.32. The van der Waals surface area contributed by atoms with Crippen molar-refractivity contribution in [1.82, 2.24) is 9.97 Å². The maximum atomic E-state index is 9.31. The summed E-state index contributed by atoms with van der Waals surface area (Å²) in [4.78, 5) is 6.42. The van der Waals surface area contributed by atoms with E-state index in [1.54, 1.807) is 18.7 Å². The number of nitrogens with one attached hydrogen (secondary N) is 1. The van der Waals surface area contributed by atoms with E-state index in [9.17, 15) is 8.42 Å². The van der Waals surface area contributed by atoms with E-state index in [0.29, 0.717) is 0 Å². The fourth-order valence-corrected chi connectivity index (χ4v) is 0.215. The number of hydrogen-bond acceptors (Lipinski definition) is 4. The molecule has 6 nitrogen and oxygen atoms in total. The average Bonchev–Trinajstić information content (AvgIpc) is 2.41. The maximum absolute atomic E-state index is 9.31. The summed E-state index contributed by atoms with van der Waals surface area (Å²) < 4.78 is 26.2. The van der Waals surface area contributed by atoms with E-state index in [0.717, 1.165) is 0 Å². The van der Waals surface area contributed by atoms with Gasteiger partial charge in [0, 0.05) is 12.4 Å². The summed E-state index contributed by atoms with van der Waals surface area (Å²) in [6.45, 7) is 0. The Bertz CT molecular complexity index is 236. The molecule has 1 heterocycles. The van der Waals surface area contributed by atoms with Crippen LogP contribution in [0.4, 0.5) is 0 Å². The molecule has 7 heteroatoms. The predicted octanol–water partition coefficient (Wildman–Crippen LogP) is -0.766. The van der Waals surface area contributed by atoms with Crippen LogP contribution >= 0.6 is 0 Å². The second kappa shape index (κ2) is 4.83. The van der Waals surface area contributed by atoms with Crippen molar-refractivity contribution in [2.45, 2.75) is 0 Å². The zero-order valence-electron chi connectivity index (χ0n) is 5.51. The summed E-state index contributed by atoms with van der Waals surface area (Å²) >= 11 is 0. The summed E-state index contributed by atoms with van der Waals surface area (Å²) in [5, 5.41) is 7.56. The summed E-state index contributed by atoms with van der Waals surface area (Å²) in [6, 6.07) is 0. The number of nitrogens with zero attached hydrogens (tertiary/aromatic N) is 1. The number of aromatic nitrogens is 2. The van der Waals surface area contributed by atoms with Crippen LogP contribution < -0.4 is 0 Å². The van der Waals surface area contributed by atoms with E-state index in [4.69, 9.17) is 9.66 Å². The largest absolute Gasteiger partial charge is 0.378 e. The highest BCUT2D eigenvalue weighted by Crippen LogP contribution is 1.71. The third kappa shape index (κ3) is 9.08. The molecule has 0 atom stereocenters. The van der Waals surface area contributed by atoms with Gasteiger partial charge in [0.05, 0.1) is 6.33 Å². The first-order valence-electron chi connectivity index (χ1n) is 2.55. The number of imidazole rings is 1. The van der Waals surface area contributed by atoms with E-state index < -0.39 is 16.1 Å². The molecule has 0 bridgehead atoms. The van der Waals surface area contributed by atoms with Crippen LogP contribution in [0.5, 0.6) is 0 Å². The van der Waals surface area contributed by atoms with Crippen molar-refractivity contribution in [3.05, 3.63) is 18.7 Å². The van der Waals surface area contributed by atoms with Crippen molar-refractivity contribution >= 4 is 10.1 Å². The highest BCUT2D eigenvalue weighted by Gasteiger charge is 1.95. The molecule has 3 N–H and O–H groups in total. The molecule has 11 heavy (non-hydrogen) atoms. The van der Waals surface area contributed by atoms with E-state index >= 15 is 0 Å². The van der Waals surface area contributed by atoms with Crippen LogP contribution in [-0.4, -0.2) is 34.0 Å². The van der Waals surface area contributed by atoms with Crippen molar-refractivity contribution in [3.63, 3.8) is 0 Å². The maximum Gasteiger partial charge on any atom is 0.289 e. The van der Waals surface area contributed by atoms with Crippen LogP contribution in [0.3, 0.4) is 0 Å². The lowest BCUT2D eigenvalue weighted by Crippen LogP contribution is -2.00. The van der Waals surface area contributed by atoms with Crippen LogP contribution in [0.1, 0.15) is 0 Å². The quantitative estimate of drug-likeness (QED) is 0.492. The molecule has 0 saturated carbocycles. The summed E-state index contributed by atoms with van der Waals surface area (Å²) in [5.41, 5.74) is 0. The molecule has 0 radical (unpaired) electrons. The van der Waals surface area contributed by atoms with Gasteiger partial charge < -0.3 is 10.1 Å². The normalized spacial score (nSPS) is 10.0. The van der Waals surface area contributed by atoms with Crippen molar-refractivity contribution in [2.24, 2.45) is 0 Å². The second-order valence-corrected chi connectivity index (χ2v) is 2.89. The lowest BCUT2D eigenvalue weighted by atomic mass is 11.0. The molecular formula is C4H8N2O4S. The highest BCUT2D eigenvalue weighted by atomic mass is 32.2. The van der Waals surface area contributed by atoms with Crippen LogP contribution in [0.15, 0.2) is 18.7 Å². The Labute approximate surface area is 63.7 Å². The lowest BCUT2D eigenvalue weighted by Gasteiger charge is -1.79. The molecule has 0 aliphatic heterocycles. The summed E-state index contributed by atoms with van der Waals surface area (Å²) in [5.74, 6) is -1.20. The Morgan fingerprint density at radius 1 is 1.55 bits per heavy atom. The van der Waals surface area contributed by atoms with Gasteiger partial charge in [-0.3, -0.25) is 4.55 Å². The molecule has 0 aliphatic carbocycles. The average molecular weight is 180 g/mol. The Balaban J connectivity index is 0.000000183. The topological polar surface area (TPSA) is 103 Å². The number of aliphatic hydroxyl groups is 1. The first-order chi connectivity index (χ1) is 5.06.